The molecule has 3 unspecified atom stereocenters. The lowest BCUT2D eigenvalue weighted by Gasteiger charge is -2.31. The van der Waals surface area contributed by atoms with Gasteiger partial charge < -0.3 is 14.5 Å². The van der Waals surface area contributed by atoms with Gasteiger partial charge in [-0.25, -0.2) is 8.42 Å². The van der Waals surface area contributed by atoms with E-state index in [1.807, 2.05) is 13.8 Å². The zero-order chi connectivity index (χ0) is 25.2. The van der Waals surface area contributed by atoms with E-state index >= 15 is 0 Å². The highest BCUT2D eigenvalue weighted by Gasteiger charge is 2.54. The lowest BCUT2D eigenvalue weighted by Crippen LogP contribution is -2.47. The van der Waals surface area contributed by atoms with Crippen LogP contribution in [0.3, 0.4) is 0 Å². The monoisotopic (exact) mass is 506 g/mol. The van der Waals surface area contributed by atoms with Crippen molar-refractivity contribution < 1.29 is 27.5 Å². The Morgan fingerprint density at radius 3 is 2.57 bits per heavy atom. The SMILES string of the molecule is CC(C)CC(CC(=O)N1CCOCC1)C(=O)N1CCC2C1C(=O)CN2S(=O)(=O)Cc1ccccn1. The van der Waals surface area contributed by atoms with Gasteiger partial charge in [-0.15, -0.1) is 0 Å². The van der Waals surface area contributed by atoms with Gasteiger partial charge in [0, 0.05) is 38.2 Å². The number of carbonyl (C=O) groups excluding carboxylic acids is 3. The minimum atomic E-state index is -3.78. The van der Waals surface area contributed by atoms with E-state index in [1.165, 1.54) is 15.4 Å². The van der Waals surface area contributed by atoms with E-state index in [0.717, 1.165) is 0 Å². The van der Waals surface area contributed by atoms with Crippen LogP contribution in [0.4, 0.5) is 0 Å². The number of nitrogens with zero attached hydrogens (tertiary/aromatic N) is 4. The predicted octanol–water partition coefficient (Wildman–Crippen LogP) is 0.677. The number of likely N-dealkylation sites (tertiary alicyclic amines) is 1. The van der Waals surface area contributed by atoms with Gasteiger partial charge in [0.15, 0.2) is 5.78 Å². The van der Waals surface area contributed by atoms with Gasteiger partial charge in [0.1, 0.15) is 11.8 Å². The minimum absolute atomic E-state index is 0.0830. The summed E-state index contributed by atoms with van der Waals surface area (Å²) in [5.74, 6) is -1.23. The van der Waals surface area contributed by atoms with E-state index in [0.29, 0.717) is 51.4 Å². The van der Waals surface area contributed by atoms with Gasteiger partial charge in [0.25, 0.3) is 0 Å². The molecule has 0 N–H and O–H groups in total. The second-order valence-corrected chi connectivity index (χ2v) is 11.9. The van der Waals surface area contributed by atoms with Crippen molar-refractivity contribution in [1.29, 1.82) is 0 Å². The van der Waals surface area contributed by atoms with Crippen molar-refractivity contribution >= 4 is 27.6 Å². The Kier molecular flexibility index (Phi) is 7.87. The molecule has 3 aliphatic heterocycles. The Bertz CT molecular complexity index is 1040. The molecule has 3 aliphatic rings. The molecule has 2 amide bonds. The topological polar surface area (TPSA) is 117 Å². The highest BCUT2D eigenvalue weighted by atomic mass is 32.2. The summed E-state index contributed by atoms with van der Waals surface area (Å²) in [4.78, 5) is 46.9. The van der Waals surface area contributed by atoms with Crippen LogP contribution in [-0.2, 0) is 34.9 Å². The van der Waals surface area contributed by atoms with Crippen molar-refractivity contribution in [3.8, 4) is 0 Å². The molecular formula is C24H34N4O6S. The van der Waals surface area contributed by atoms with Crippen LogP contribution >= 0.6 is 0 Å². The van der Waals surface area contributed by atoms with Crippen molar-refractivity contribution in [1.82, 2.24) is 19.1 Å². The number of hydrogen-bond acceptors (Lipinski definition) is 7. The molecule has 11 heteroatoms. The Balaban J connectivity index is 1.48. The van der Waals surface area contributed by atoms with Crippen LogP contribution < -0.4 is 0 Å². The van der Waals surface area contributed by atoms with Crippen LogP contribution in [0.15, 0.2) is 24.4 Å². The summed E-state index contributed by atoms with van der Waals surface area (Å²) in [5, 5.41) is 0. The fourth-order valence-electron chi connectivity index (χ4n) is 5.36. The maximum Gasteiger partial charge on any atom is 0.226 e. The van der Waals surface area contributed by atoms with Crippen molar-refractivity contribution in [2.24, 2.45) is 11.8 Å². The number of fused-ring (bicyclic) bond motifs is 1. The molecule has 0 spiro atoms. The summed E-state index contributed by atoms with van der Waals surface area (Å²) in [7, 11) is -3.78. The Labute approximate surface area is 206 Å². The van der Waals surface area contributed by atoms with Gasteiger partial charge in [-0.2, -0.15) is 4.31 Å². The van der Waals surface area contributed by atoms with E-state index < -0.39 is 28.0 Å². The lowest BCUT2D eigenvalue weighted by atomic mass is 9.91. The molecule has 35 heavy (non-hydrogen) atoms. The van der Waals surface area contributed by atoms with Crippen LogP contribution in [0.2, 0.25) is 0 Å². The zero-order valence-electron chi connectivity index (χ0n) is 20.3. The number of morpholine rings is 1. The van der Waals surface area contributed by atoms with Crippen LogP contribution in [0, 0.1) is 11.8 Å². The van der Waals surface area contributed by atoms with E-state index in [2.05, 4.69) is 4.98 Å². The van der Waals surface area contributed by atoms with E-state index in [-0.39, 0.29) is 42.2 Å². The summed E-state index contributed by atoms with van der Waals surface area (Å²) in [6, 6.07) is 3.70. The molecule has 192 valence electrons. The fourth-order valence-corrected chi connectivity index (χ4v) is 7.03. The van der Waals surface area contributed by atoms with Crippen LogP contribution in [0.25, 0.3) is 0 Å². The zero-order valence-corrected chi connectivity index (χ0v) is 21.2. The molecule has 1 aromatic heterocycles. The van der Waals surface area contributed by atoms with Crippen molar-refractivity contribution in [2.45, 2.75) is 50.9 Å². The molecule has 0 aromatic carbocycles. The number of amides is 2. The van der Waals surface area contributed by atoms with Gasteiger partial charge in [0.05, 0.1) is 31.5 Å². The van der Waals surface area contributed by atoms with E-state index in [4.69, 9.17) is 4.74 Å². The van der Waals surface area contributed by atoms with Gasteiger partial charge in [-0.05, 0) is 30.9 Å². The molecular weight excluding hydrogens is 472 g/mol. The predicted molar refractivity (Wildman–Crippen MR) is 127 cm³/mol. The smallest absolute Gasteiger partial charge is 0.226 e. The van der Waals surface area contributed by atoms with Crippen molar-refractivity contribution in [2.75, 3.05) is 39.4 Å². The number of pyridine rings is 1. The number of Topliss-reactive ketones (excluding diaryl/α,β-unsaturated/α-hetero) is 1. The maximum atomic E-state index is 13.6. The quantitative estimate of drug-likeness (QED) is 0.509. The molecule has 0 saturated carbocycles. The van der Waals surface area contributed by atoms with Gasteiger partial charge in [0.2, 0.25) is 21.8 Å². The van der Waals surface area contributed by atoms with Gasteiger partial charge in [-0.1, -0.05) is 19.9 Å². The number of sulfonamides is 1. The van der Waals surface area contributed by atoms with Crippen LogP contribution in [0.5, 0.6) is 0 Å². The van der Waals surface area contributed by atoms with E-state index in [9.17, 15) is 22.8 Å². The van der Waals surface area contributed by atoms with Gasteiger partial charge in [-0.3, -0.25) is 19.4 Å². The second-order valence-electron chi connectivity index (χ2n) is 9.95. The molecule has 0 aliphatic carbocycles. The third-order valence-corrected chi connectivity index (χ3v) is 8.74. The average Bonchev–Trinajstić information content (AvgIpc) is 3.40. The fraction of sp³-hybridized carbons (Fsp3) is 0.667. The molecule has 10 nitrogen and oxygen atoms in total. The average molecular weight is 507 g/mol. The maximum absolute atomic E-state index is 13.6. The first-order valence-electron chi connectivity index (χ1n) is 12.3. The normalized spacial score (nSPS) is 24.1. The standard InChI is InChI=1S/C24H34N4O6S/c1-17(2)13-18(14-22(30)26-9-11-34-12-10-26)24(31)27-8-6-20-23(27)21(29)15-28(20)35(32,33)16-19-5-3-4-7-25-19/h3-5,7,17-18,20,23H,6,8-16H2,1-2H3. The lowest BCUT2D eigenvalue weighted by molar-refractivity contribution is -0.145. The molecule has 0 radical (unpaired) electrons. The molecule has 3 fully saturated rings. The Morgan fingerprint density at radius 1 is 1.17 bits per heavy atom. The summed E-state index contributed by atoms with van der Waals surface area (Å²) < 4.78 is 32.8. The first kappa shape index (κ1) is 25.7. The number of rotatable bonds is 8. The first-order chi connectivity index (χ1) is 16.7. The number of aromatic nitrogens is 1. The van der Waals surface area contributed by atoms with Crippen molar-refractivity contribution in [3.05, 3.63) is 30.1 Å². The third kappa shape index (κ3) is 5.73. The summed E-state index contributed by atoms with van der Waals surface area (Å²) in [5.41, 5.74) is 0.410. The summed E-state index contributed by atoms with van der Waals surface area (Å²) in [6.45, 7) is 6.06. The number of carbonyl (C=O) groups is 3. The first-order valence-corrected chi connectivity index (χ1v) is 13.9. The minimum Gasteiger partial charge on any atom is -0.378 e. The molecule has 3 atom stereocenters. The van der Waals surface area contributed by atoms with Gasteiger partial charge >= 0.3 is 0 Å². The third-order valence-electron chi connectivity index (χ3n) is 6.96. The van der Waals surface area contributed by atoms with E-state index in [1.54, 1.807) is 23.1 Å². The molecule has 0 bridgehead atoms. The van der Waals surface area contributed by atoms with Crippen LogP contribution in [0.1, 0.15) is 38.8 Å². The molecule has 3 saturated heterocycles. The summed E-state index contributed by atoms with van der Waals surface area (Å²) in [6.07, 6.45) is 2.54. The number of ether oxygens (including phenoxy) is 1. The highest BCUT2D eigenvalue weighted by molar-refractivity contribution is 7.88. The molecule has 4 heterocycles. The number of ketones is 1. The van der Waals surface area contributed by atoms with Crippen molar-refractivity contribution in [3.63, 3.8) is 0 Å². The summed E-state index contributed by atoms with van der Waals surface area (Å²) >= 11 is 0. The highest BCUT2D eigenvalue weighted by Crippen LogP contribution is 2.34. The van der Waals surface area contributed by atoms with Crippen LogP contribution in [-0.4, -0.2) is 96.6 Å². The molecule has 4 rings (SSSR count). The molecule has 1 aromatic rings. The Morgan fingerprint density at radius 2 is 1.91 bits per heavy atom. The Hall–Kier alpha value is -2.37. The number of hydrogen-bond donors (Lipinski definition) is 0. The largest absolute Gasteiger partial charge is 0.378 e. The second kappa shape index (κ2) is 10.7.